The van der Waals surface area contributed by atoms with Crippen LogP contribution in [0, 0.1) is 12.7 Å². The molecule has 3 nitrogen and oxygen atoms in total. The average Bonchev–Trinajstić information content (AvgIpc) is 2.40. The summed E-state index contributed by atoms with van der Waals surface area (Å²) in [6.45, 7) is 2.07. The highest BCUT2D eigenvalue weighted by molar-refractivity contribution is 9.10. The fraction of sp³-hybridized carbons (Fsp3) is 0.200. The molecule has 0 saturated carbocycles. The van der Waals surface area contributed by atoms with E-state index < -0.39 is 0 Å². The van der Waals surface area contributed by atoms with E-state index in [1.54, 1.807) is 18.3 Å². The van der Waals surface area contributed by atoms with Gasteiger partial charge in [-0.05, 0) is 30.7 Å². The van der Waals surface area contributed by atoms with Crippen molar-refractivity contribution < 1.29 is 9.18 Å². The second-order valence-corrected chi connectivity index (χ2v) is 5.41. The number of rotatable bonds is 4. The van der Waals surface area contributed by atoms with Crippen LogP contribution >= 0.6 is 15.9 Å². The molecule has 0 atom stereocenters. The topological polar surface area (TPSA) is 42.0 Å². The zero-order valence-corrected chi connectivity index (χ0v) is 12.6. The third kappa shape index (κ3) is 4.13. The van der Waals surface area contributed by atoms with Gasteiger partial charge in [-0.3, -0.25) is 9.78 Å². The quantitative estimate of drug-likeness (QED) is 0.931. The molecule has 1 aromatic carbocycles. The Balaban J connectivity index is 1.90. The number of carbonyl (C=O) groups is 1. The number of aryl methyl sites for hydroxylation is 1. The fourth-order valence-corrected chi connectivity index (χ4v) is 2.04. The Hall–Kier alpha value is -1.75. The number of hydrogen-bond donors (Lipinski definition) is 1. The Morgan fingerprint density at radius 3 is 2.80 bits per heavy atom. The van der Waals surface area contributed by atoms with Gasteiger partial charge in [0.15, 0.2) is 0 Å². The molecule has 0 unspecified atom stereocenters. The number of carbonyl (C=O) groups excluding carboxylic acids is 1. The first-order chi connectivity index (χ1) is 9.54. The standard InChI is InChI=1S/C15H14BrFN2O/c1-10-2-3-11(8-18-10)6-15(20)19-9-12-4-5-13(16)7-14(12)17/h2-5,7-8H,6,9H2,1H3,(H,19,20). The number of hydrogen-bond acceptors (Lipinski definition) is 2. The van der Waals surface area contributed by atoms with Gasteiger partial charge in [-0.25, -0.2) is 4.39 Å². The lowest BCUT2D eigenvalue weighted by Crippen LogP contribution is -2.25. The summed E-state index contributed by atoms with van der Waals surface area (Å²) in [5, 5.41) is 2.70. The van der Waals surface area contributed by atoms with E-state index >= 15 is 0 Å². The summed E-state index contributed by atoms with van der Waals surface area (Å²) in [4.78, 5) is 15.9. The lowest BCUT2D eigenvalue weighted by Gasteiger charge is -2.07. The molecule has 0 aliphatic rings. The SMILES string of the molecule is Cc1ccc(CC(=O)NCc2ccc(Br)cc2F)cn1. The Bertz CT molecular complexity index is 614. The average molecular weight is 337 g/mol. The van der Waals surface area contributed by atoms with Crippen LogP contribution in [0.1, 0.15) is 16.8 Å². The van der Waals surface area contributed by atoms with Gasteiger partial charge in [0.2, 0.25) is 5.91 Å². The molecule has 0 spiro atoms. The summed E-state index contributed by atoms with van der Waals surface area (Å²) >= 11 is 3.19. The number of aromatic nitrogens is 1. The van der Waals surface area contributed by atoms with Gasteiger partial charge in [-0.2, -0.15) is 0 Å². The molecule has 20 heavy (non-hydrogen) atoms. The number of nitrogens with zero attached hydrogens (tertiary/aromatic N) is 1. The smallest absolute Gasteiger partial charge is 0.224 e. The molecule has 2 aromatic rings. The van der Waals surface area contributed by atoms with Crippen LogP contribution < -0.4 is 5.32 Å². The lowest BCUT2D eigenvalue weighted by molar-refractivity contribution is -0.120. The Kier molecular flexibility index (Phi) is 4.84. The number of halogens is 2. The van der Waals surface area contributed by atoms with Crippen molar-refractivity contribution >= 4 is 21.8 Å². The van der Waals surface area contributed by atoms with E-state index in [0.717, 1.165) is 11.3 Å². The highest BCUT2D eigenvalue weighted by atomic mass is 79.9. The minimum atomic E-state index is -0.336. The molecular formula is C15H14BrFN2O. The van der Waals surface area contributed by atoms with Crippen molar-refractivity contribution in [3.05, 3.63) is 63.6 Å². The number of pyridine rings is 1. The first-order valence-corrected chi connectivity index (χ1v) is 6.96. The van der Waals surface area contributed by atoms with Crippen molar-refractivity contribution in [3.8, 4) is 0 Å². The van der Waals surface area contributed by atoms with Crippen LogP contribution in [0.25, 0.3) is 0 Å². The molecule has 0 bridgehead atoms. The fourth-order valence-electron chi connectivity index (χ4n) is 1.71. The molecule has 1 amide bonds. The summed E-state index contributed by atoms with van der Waals surface area (Å²) < 4.78 is 14.3. The van der Waals surface area contributed by atoms with Crippen molar-refractivity contribution in [2.75, 3.05) is 0 Å². The van der Waals surface area contributed by atoms with Gasteiger partial charge in [0.25, 0.3) is 0 Å². The van der Waals surface area contributed by atoms with Crippen LogP contribution in [-0.4, -0.2) is 10.9 Å². The van der Waals surface area contributed by atoms with E-state index in [-0.39, 0.29) is 24.7 Å². The summed E-state index contributed by atoms with van der Waals surface area (Å²) in [6.07, 6.45) is 1.92. The van der Waals surface area contributed by atoms with E-state index in [9.17, 15) is 9.18 Å². The third-order valence-electron chi connectivity index (χ3n) is 2.83. The normalized spacial score (nSPS) is 10.3. The van der Waals surface area contributed by atoms with Gasteiger partial charge in [0.05, 0.1) is 6.42 Å². The minimum Gasteiger partial charge on any atom is -0.352 e. The van der Waals surface area contributed by atoms with E-state index in [1.165, 1.54) is 6.07 Å². The molecule has 1 heterocycles. The Morgan fingerprint density at radius 2 is 2.15 bits per heavy atom. The molecule has 2 rings (SSSR count). The maximum atomic E-state index is 13.6. The van der Waals surface area contributed by atoms with Gasteiger partial charge in [-0.15, -0.1) is 0 Å². The van der Waals surface area contributed by atoms with Gasteiger partial charge >= 0.3 is 0 Å². The summed E-state index contributed by atoms with van der Waals surface area (Å²) in [7, 11) is 0. The Morgan fingerprint density at radius 1 is 1.35 bits per heavy atom. The largest absolute Gasteiger partial charge is 0.352 e. The van der Waals surface area contributed by atoms with Crippen molar-refractivity contribution in [3.63, 3.8) is 0 Å². The van der Waals surface area contributed by atoms with E-state index in [2.05, 4.69) is 26.2 Å². The molecule has 5 heteroatoms. The molecule has 0 aliphatic carbocycles. The van der Waals surface area contributed by atoms with Crippen molar-refractivity contribution in [1.82, 2.24) is 10.3 Å². The van der Waals surface area contributed by atoms with Crippen LogP contribution in [0.15, 0.2) is 41.0 Å². The van der Waals surface area contributed by atoms with Crippen molar-refractivity contribution in [2.45, 2.75) is 19.9 Å². The van der Waals surface area contributed by atoms with E-state index in [0.29, 0.717) is 10.0 Å². The molecule has 0 fully saturated rings. The van der Waals surface area contributed by atoms with Gasteiger partial charge < -0.3 is 5.32 Å². The number of benzene rings is 1. The van der Waals surface area contributed by atoms with Crippen molar-refractivity contribution in [1.29, 1.82) is 0 Å². The summed E-state index contributed by atoms with van der Waals surface area (Å²) in [6, 6.07) is 8.49. The van der Waals surface area contributed by atoms with Gasteiger partial charge in [0.1, 0.15) is 5.82 Å². The van der Waals surface area contributed by atoms with Crippen molar-refractivity contribution in [2.24, 2.45) is 0 Å². The maximum absolute atomic E-state index is 13.6. The molecule has 1 N–H and O–H groups in total. The third-order valence-corrected chi connectivity index (χ3v) is 3.32. The summed E-state index contributed by atoms with van der Waals surface area (Å²) in [5.41, 5.74) is 2.21. The number of nitrogens with one attached hydrogen (secondary N) is 1. The lowest BCUT2D eigenvalue weighted by atomic mass is 10.1. The number of amides is 1. The summed E-state index contributed by atoms with van der Waals surface area (Å²) in [5.74, 6) is -0.491. The molecular weight excluding hydrogens is 323 g/mol. The molecule has 0 aliphatic heterocycles. The van der Waals surface area contributed by atoms with Gasteiger partial charge in [0, 0.05) is 28.5 Å². The molecule has 0 radical (unpaired) electrons. The van der Waals surface area contributed by atoms with Crippen LogP contribution in [0.2, 0.25) is 0 Å². The van der Waals surface area contributed by atoms with Crippen LogP contribution in [0.5, 0.6) is 0 Å². The zero-order valence-electron chi connectivity index (χ0n) is 11.0. The highest BCUT2D eigenvalue weighted by Gasteiger charge is 2.06. The predicted molar refractivity (Wildman–Crippen MR) is 78.6 cm³/mol. The van der Waals surface area contributed by atoms with Crippen LogP contribution in [0.4, 0.5) is 4.39 Å². The Labute approximate surface area is 125 Å². The van der Waals surface area contributed by atoms with E-state index in [4.69, 9.17) is 0 Å². The first kappa shape index (κ1) is 14.7. The van der Waals surface area contributed by atoms with Crippen LogP contribution in [0.3, 0.4) is 0 Å². The maximum Gasteiger partial charge on any atom is 0.224 e. The zero-order chi connectivity index (χ0) is 14.5. The minimum absolute atomic E-state index is 0.155. The first-order valence-electron chi connectivity index (χ1n) is 6.17. The van der Waals surface area contributed by atoms with E-state index in [1.807, 2.05) is 19.1 Å². The highest BCUT2D eigenvalue weighted by Crippen LogP contribution is 2.15. The molecule has 104 valence electrons. The molecule has 0 saturated heterocycles. The second-order valence-electron chi connectivity index (χ2n) is 4.50. The monoisotopic (exact) mass is 336 g/mol. The molecule has 1 aromatic heterocycles. The predicted octanol–water partition coefficient (Wildman–Crippen LogP) is 3.15. The van der Waals surface area contributed by atoms with Gasteiger partial charge in [-0.1, -0.05) is 28.1 Å². The second kappa shape index (κ2) is 6.61. The van der Waals surface area contributed by atoms with Crippen LogP contribution in [-0.2, 0) is 17.8 Å².